The molecule has 0 aliphatic rings. The van der Waals surface area contributed by atoms with Crippen LogP contribution in [0.15, 0.2) is 11.1 Å². The lowest BCUT2D eigenvalue weighted by atomic mass is 10.0. The molecule has 0 bridgehead atoms. The summed E-state index contributed by atoms with van der Waals surface area (Å²) in [5.41, 5.74) is 0.874. The maximum Gasteiger partial charge on any atom is 0.334 e. The molecule has 0 radical (unpaired) electrons. The highest BCUT2D eigenvalue weighted by atomic mass is 16.5. The summed E-state index contributed by atoms with van der Waals surface area (Å²) in [4.78, 5) is 23.6. The van der Waals surface area contributed by atoms with Crippen LogP contribution >= 0.6 is 0 Å². The van der Waals surface area contributed by atoms with Gasteiger partial charge in [-0.3, -0.25) is 0 Å². The fourth-order valence-electron chi connectivity index (χ4n) is 1.53. The Morgan fingerprint density at radius 1 is 0.722 bits per heavy atom. The maximum atomic E-state index is 11.8. The second-order valence-electron chi connectivity index (χ2n) is 3.94. The Morgan fingerprint density at radius 3 is 1.28 bits per heavy atom. The summed E-state index contributed by atoms with van der Waals surface area (Å²) in [6, 6.07) is 0. The highest BCUT2D eigenvalue weighted by Crippen LogP contribution is 2.16. The number of hydrogen-bond acceptors (Lipinski definition) is 4. The van der Waals surface area contributed by atoms with Gasteiger partial charge in [0, 0.05) is 11.1 Å². The van der Waals surface area contributed by atoms with Crippen molar-refractivity contribution in [1.82, 2.24) is 0 Å². The fraction of sp³-hybridized carbons (Fsp3) is 0.714. The molecule has 0 spiro atoms. The van der Waals surface area contributed by atoms with E-state index in [0.717, 1.165) is 12.8 Å². The van der Waals surface area contributed by atoms with E-state index in [4.69, 9.17) is 9.47 Å². The first kappa shape index (κ1) is 16.7. The van der Waals surface area contributed by atoms with E-state index in [1.807, 2.05) is 27.7 Å². The van der Waals surface area contributed by atoms with E-state index >= 15 is 0 Å². The third-order valence-corrected chi connectivity index (χ3v) is 2.44. The molecule has 0 aromatic heterocycles. The van der Waals surface area contributed by atoms with Gasteiger partial charge >= 0.3 is 11.9 Å². The number of esters is 2. The normalized spacial score (nSPS) is 11.8. The van der Waals surface area contributed by atoms with Gasteiger partial charge in [-0.05, 0) is 25.7 Å². The second kappa shape index (κ2) is 9.68. The summed E-state index contributed by atoms with van der Waals surface area (Å²) in [6.45, 7) is 8.29. The van der Waals surface area contributed by atoms with Crippen LogP contribution in [0.25, 0.3) is 0 Å². The van der Waals surface area contributed by atoms with Crippen molar-refractivity contribution in [2.24, 2.45) is 0 Å². The van der Waals surface area contributed by atoms with Gasteiger partial charge in [-0.2, -0.15) is 0 Å². The van der Waals surface area contributed by atoms with Gasteiger partial charge in [0.15, 0.2) is 0 Å². The number of carbonyl (C=O) groups is 2. The minimum Gasteiger partial charge on any atom is -0.462 e. The largest absolute Gasteiger partial charge is 0.462 e. The van der Waals surface area contributed by atoms with Crippen LogP contribution in [0.4, 0.5) is 0 Å². The van der Waals surface area contributed by atoms with Crippen LogP contribution in [-0.2, 0) is 19.1 Å². The number of rotatable bonds is 8. The third-order valence-electron chi connectivity index (χ3n) is 2.44. The Balaban J connectivity index is 4.91. The molecule has 4 nitrogen and oxygen atoms in total. The van der Waals surface area contributed by atoms with E-state index in [2.05, 4.69) is 0 Å². The zero-order chi connectivity index (χ0) is 14.0. The van der Waals surface area contributed by atoms with Crippen molar-refractivity contribution in [3.8, 4) is 0 Å². The summed E-state index contributed by atoms with van der Waals surface area (Å²) < 4.78 is 10.2. The Bertz CT molecular complexity index is 275. The van der Waals surface area contributed by atoms with Crippen LogP contribution in [0, 0.1) is 0 Å². The molecule has 0 N–H and O–H groups in total. The summed E-state index contributed by atoms with van der Waals surface area (Å²) in [6.07, 6.45) is 2.49. The average molecular weight is 256 g/mol. The molecular weight excluding hydrogens is 232 g/mol. The van der Waals surface area contributed by atoms with Gasteiger partial charge in [-0.1, -0.05) is 27.7 Å². The molecular formula is C14H24O4. The van der Waals surface area contributed by atoms with Gasteiger partial charge in [-0.25, -0.2) is 9.59 Å². The fourth-order valence-corrected chi connectivity index (χ4v) is 1.53. The van der Waals surface area contributed by atoms with Crippen molar-refractivity contribution < 1.29 is 19.1 Å². The monoisotopic (exact) mass is 256 g/mol. The lowest BCUT2D eigenvalue weighted by Gasteiger charge is -2.11. The van der Waals surface area contributed by atoms with Gasteiger partial charge < -0.3 is 9.47 Å². The summed E-state index contributed by atoms with van der Waals surface area (Å²) in [5.74, 6) is -0.797. The van der Waals surface area contributed by atoms with Crippen LogP contribution < -0.4 is 0 Å². The van der Waals surface area contributed by atoms with Gasteiger partial charge in [0.25, 0.3) is 0 Å². The highest BCUT2D eigenvalue weighted by molar-refractivity contribution is 6.00. The minimum absolute atomic E-state index is 0.378. The second-order valence-corrected chi connectivity index (χ2v) is 3.94. The molecule has 0 amide bonds. The van der Waals surface area contributed by atoms with Gasteiger partial charge in [-0.15, -0.1) is 0 Å². The summed E-state index contributed by atoms with van der Waals surface area (Å²) in [7, 11) is 0. The van der Waals surface area contributed by atoms with E-state index in [9.17, 15) is 9.59 Å². The van der Waals surface area contributed by atoms with Crippen molar-refractivity contribution in [1.29, 1.82) is 0 Å². The van der Waals surface area contributed by atoms with Crippen molar-refractivity contribution >= 4 is 11.9 Å². The molecule has 0 fully saturated rings. The molecule has 0 aromatic rings. The zero-order valence-electron chi connectivity index (χ0n) is 11.9. The van der Waals surface area contributed by atoms with Crippen molar-refractivity contribution in [2.75, 3.05) is 13.2 Å². The standard InChI is InChI=1S/C14H24O4/c1-5-9-17-13(15)11(7-3)12(8-4)14(16)18-10-6-2/h5-10H2,1-4H3/b12-11+. The zero-order valence-corrected chi connectivity index (χ0v) is 11.9. The van der Waals surface area contributed by atoms with E-state index in [0.29, 0.717) is 37.2 Å². The van der Waals surface area contributed by atoms with E-state index in [1.165, 1.54) is 0 Å². The highest BCUT2D eigenvalue weighted by Gasteiger charge is 2.20. The van der Waals surface area contributed by atoms with E-state index in [1.54, 1.807) is 0 Å². The molecule has 0 heterocycles. The van der Waals surface area contributed by atoms with Crippen LogP contribution in [0.1, 0.15) is 53.4 Å². The topological polar surface area (TPSA) is 52.6 Å². The molecule has 0 saturated carbocycles. The van der Waals surface area contributed by atoms with Gasteiger partial charge in [0.2, 0.25) is 0 Å². The van der Waals surface area contributed by atoms with Crippen molar-refractivity contribution in [3.63, 3.8) is 0 Å². The Hall–Kier alpha value is -1.32. The molecule has 104 valence electrons. The first-order valence-corrected chi connectivity index (χ1v) is 6.68. The molecule has 0 aliphatic heterocycles. The lowest BCUT2D eigenvalue weighted by Crippen LogP contribution is -2.16. The molecule has 0 saturated heterocycles. The van der Waals surface area contributed by atoms with Gasteiger partial charge in [0.05, 0.1) is 13.2 Å². The van der Waals surface area contributed by atoms with Crippen molar-refractivity contribution in [3.05, 3.63) is 11.1 Å². The van der Waals surface area contributed by atoms with Crippen molar-refractivity contribution in [2.45, 2.75) is 53.4 Å². The first-order chi connectivity index (χ1) is 8.62. The summed E-state index contributed by atoms with van der Waals surface area (Å²) in [5, 5.41) is 0. The molecule has 0 rings (SSSR count). The smallest absolute Gasteiger partial charge is 0.334 e. The molecule has 0 unspecified atom stereocenters. The summed E-state index contributed by atoms with van der Waals surface area (Å²) >= 11 is 0. The Morgan fingerprint density at radius 2 is 1.06 bits per heavy atom. The molecule has 0 atom stereocenters. The molecule has 0 aromatic carbocycles. The SMILES string of the molecule is CCCOC(=O)/C(CC)=C(\CC)C(=O)OCCC. The van der Waals surface area contributed by atoms with E-state index in [-0.39, 0.29) is 0 Å². The first-order valence-electron chi connectivity index (χ1n) is 6.68. The number of hydrogen-bond donors (Lipinski definition) is 0. The Labute approximate surface area is 109 Å². The van der Waals surface area contributed by atoms with Crippen LogP contribution in [0.3, 0.4) is 0 Å². The molecule has 4 heteroatoms. The van der Waals surface area contributed by atoms with Gasteiger partial charge in [0.1, 0.15) is 0 Å². The number of ether oxygens (including phenoxy) is 2. The molecule has 0 aliphatic carbocycles. The average Bonchev–Trinajstić information content (AvgIpc) is 2.39. The molecule has 18 heavy (non-hydrogen) atoms. The predicted molar refractivity (Wildman–Crippen MR) is 70.1 cm³/mol. The third kappa shape index (κ3) is 5.34. The van der Waals surface area contributed by atoms with E-state index < -0.39 is 11.9 Å². The number of carbonyl (C=O) groups excluding carboxylic acids is 2. The lowest BCUT2D eigenvalue weighted by molar-refractivity contribution is -0.142. The Kier molecular flexibility index (Phi) is 8.97. The van der Waals surface area contributed by atoms with Crippen LogP contribution in [-0.4, -0.2) is 25.2 Å². The maximum absolute atomic E-state index is 11.8. The predicted octanol–water partition coefficient (Wildman–Crippen LogP) is 3.01. The van der Waals surface area contributed by atoms with Crippen LogP contribution in [0.5, 0.6) is 0 Å². The quantitative estimate of drug-likeness (QED) is 0.495. The van der Waals surface area contributed by atoms with Crippen LogP contribution in [0.2, 0.25) is 0 Å². The minimum atomic E-state index is -0.398.